The van der Waals surface area contributed by atoms with Crippen molar-refractivity contribution in [2.24, 2.45) is 10.9 Å². The summed E-state index contributed by atoms with van der Waals surface area (Å²) < 4.78 is 0. The molecule has 1 fully saturated rings. The summed E-state index contributed by atoms with van der Waals surface area (Å²) in [5.74, 6) is 3.01. The van der Waals surface area contributed by atoms with Gasteiger partial charge in [0.1, 0.15) is 0 Å². The third kappa shape index (κ3) is 10.6. The highest BCUT2D eigenvalue weighted by Gasteiger charge is 2.14. The van der Waals surface area contributed by atoms with Crippen LogP contribution < -0.4 is 10.6 Å². The number of nitrogens with one attached hydrogen (secondary N) is 2. The highest BCUT2D eigenvalue weighted by atomic mass is 127. The zero-order valence-corrected chi connectivity index (χ0v) is 17.0. The Hall–Kier alpha value is 0.310. The number of rotatable bonds is 8. The van der Waals surface area contributed by atoms with Crippen LogP contribution >= 0.6 is 35.7 Å². The Balaban J connectivity index is 0.00000400. The van der Waals surface area contributed by atoms with E-state index in [9.17, 15) is 0 Å². The molecule has 0 amide bonds. The van der Waals surface area contributed by atoms with Gasteiger partial charge in [0, 0.05) is 25.4 Å². The topological polar surface area (TPSA) is 39.7 Å². The fraction of sp³-hybridized carbons (Fsp3) is 0.933. The van der Waals surface area contributed by atoms with Gasteiger partial charge in [-0.1, -0.05) is 6.92 Å². The van der Waals surface area contributed by atoms with Crippen molar-refractivity contribution in [2.45, 2.75) is 33.1 Å². The number of thioether (sulfide) groups is 1. The van der Waals surface area contributed by atoms with E-state index in [4.69, 9.17) is 0 Å². The van der Waals surface area contributed by atoms with E-state index >= 15 is 0 Å². The van der Waals surface area contributed by atoms with Gasteiger partial charge in [0.05, 0.1) is 0 Å². The van der Waals surface area contributed by atoms with Crippen LogP contribution in [0.2, 0.25) is 0 Å². The lowest BCUT2D eigenvalue weighted by Gasteiger charge is -2.29. The predicted octanol–water partition coefficient (Wildman–Crippen LogP) is 2.64. The molecule has 0 aliphatic carbocycles. The third-order valence-electron chi connectivity index (χ3n) is 3.72. The zero-order chi connectivity index (χ0) is 14.6. The minimum absolute atomic E-state index is 0. The van der Waals surface area contributed by atoms with Crippen molar-refractivity contribution in [2.75, 3.05) is 51.3 Å². The summed E-state index contributed by atoms with van der Waals surface area (Å²) >= 11 is 1.86. The number of hydrogen-bond donors (Lipinski definition) is 2. The van der Waals surface area contributed by atoms with Gasteiger partial charge in [-0.15, -0.1) is 24.0 Å². The van der Waals surface area contributed by atoms with E-state index in [1.165, 1.54) is 32.5 Å². The predicted molar refractivity (Wildman–Crippen MR) is 107 cm³/mol. The van der Waals surface area contributed by atoms with Crippen molar-refractivity contribution in [3.63, 3.8) is 0 Å². The Bertz CT molecular complexity index is 268. The average molecular weight is 428 g/mol. The summed E-state index contributed by atoms with van der Waals surface area (Å²) in [6.07, 6.45) is 6.02. The number of guanidine groups is 1. The van der Waals surface area contributed by atoms with Crippen LogP contribution in [0.4, 0.5) is 0 Å². The van der Waals surface area contributed by atoms with Gasteiger partial charge in [0.25, 0.3) is 0 Å². The van der Waals surface area contributed by atoms with Crippen LogP contribution in [0.25, 0.3) is 0 Å². The Morgan fingerprint density at radius 2 is 2.00 bits per heavy atom. The maximum absolute atomic E-state index is 4.64. The van der Waals surface area contributed by atoms with E-state index in [-0.39, 0.29) is 24.0 Å². The Labute approximate surface area is 152 Å². The number of piperidine rings is 1. The van der Waals surface area contributed by atoms with Gasteiger partial charge in [0.15, 0.2) is 5.96 Å². The lowest BCUT2D eigenvalue weighted by Crippen LogP contribution is -2.38. The van der Waals surface area contributed by atoms with Gasteiger partial charge >= 0.3 is 0 Å². The number of hydrogen-bond acceptors (Lipinski definition) is 3. The van der Waals surface area contributed by atoms with Gasteiger partial charge < -0.3 is 15.5 Å². The van der Waals surface area contributed by atoms with Crippen molar-refractivity contribution in [1.29, 1.82) is 0 Å². The second kappa shape index (κ2) is 13.9. The van der Waals surface area contributed by atoms with Crippen molar-refractivity contribution in [3.05, 3.63) is 0 Å². The summed E-state index contributed by atoms with van der Waals surface area (Å²) in [4.78, 5) is 7.23. The highest BCUT2D eigenvalue weighted by Crippen LogP contribution is 2.15. The van der Waals surface area contributed by atoms with Gasteiger partial charge in [-0.2, -0.15) is 11.8 Å². The monoisotopic (exact) mass is 428 g/mol. The van der Waals surface area contributed by atoms with Crippen LogP contribution in [-0.4, -0.2) is 62.1 Å². The molecule has 0 aromatic carbocycles. The molecule has 0 spiro atoms. The standard InChI is InChI=1S/C15H32N4S.HI/c1-4-16-15(18-9-13-20-3)17-8-5-10-19-11-6-14(2)7-12-19;/h14H,4-13H2,1-3H3,(H2,16,17,18);1H. The quantitative estimate of drug-likeness (QED) is 0.270. The van der Waals surface area contributed by atoms with Gasteiger partial charge in [-0.25, -0.2) is 0 Å². The molecular weight excluding hydrogens is 395 g/mol. The second-order valence-corrected chi connectivity index (χ2v) is 6.54. The first-order chi connectivity index (χ1) is 9.76. The zero-order valence-electron chi connectivity index (χ0n) is 13.9. The minimum Gasteiger partial charge on any atom is -0.357 e. The lowest BCUT2D eigenvalue weighted by atomic mass is 9.99. The van der Waals surface area contributed by atoms with Crippen LogP contribution in [0.15, 0.2) is 4.99 Å². The van der Waals surface area contributed by atoms with Crippen molar-refractivity contribution in [1.82, 2.24) is 15.5 Å². The summed E-state index contributed by atoms with van der Waals surface area (Å²) in [5, 5.41) is 6.67. The number of aliphatic imine (C=N–C) groups is 1. The maximum Gasteiger partial charge on any atom is 0.191 e. The molecule has 6 heteroatoms. The molecule has 0 unspecified atom stereocenters. The number of likely N-dealkylation sites (tertiary alicyclic amines) is 1. The molecule has 1 saturated heterocycles. The van der Waals surface area contributed by atoms with E-state index in [1.807, 2.05) is 11.8 Å². The van der Waals surface area contributed by atoms with E-state index < -0.39 is 0 Å². The summed E-state index contributed by atoms with van der Waals surface area (Å²) in [6, 6.07) is 0. The smallest absolute Gasteiger partial charge is 0.191 e. The molecule has 0 atom stereocenters. The van der Waals surface area contributed by atoms with Crippen LogP contribution in [-0.2, 0) is 0 Å². The second-order valence-electron chi connectivity index (χ2n) is 5.56. The van der Waals surface area contributed by atoms with Crippen LogP contribution in [0.3, 0.4) is 0 Å². The average Bonchev–Trinajstić information content (AvgIpc) is 2.45. The fourth-order valence-electron chi connectivity index (χ4n) is 2.38. The van der Waals surface area contributed by atoms with Crippen LogP contribution in [0, 0.1) is 5.92 Å². The first-order valence-corrected chi connectivity index (χ1v) is 9.39. The molecule has 0 saturated carbocycles. The van der Waals surface area contributed by atoms with Crippen LogP contribution in [0.1, 0.15) is 33.1 Å². The van der Waals surface area contributed by atoms with E-state index in [0.717, 1.165) is 43.7 Å². The van der Waals surface area contributed by atoms with Crippen LogP contribution in [0.5, 0.6) is 0 Å². The van der Waals surface area contributed by atoms with Gasteiger partial charge in [-0.05, 0) is 58.0 Å². The largest absolute Gasteiger partial charge is 0.357 e. The van der Waals surface area contributed by atoms with Gasteiger partial charge in [-0.3, -0.25) is 4.99 Å². The number of halogens is 1. The number of nitrogens with zero attached hydrogens (tertiary/aromatic N) is 2. The summed E-state index contributed by atoms with van der Waals surface area (Å²) in [5.41, 5.74) is 0. The van der Waals surface area contributed by atoms with E-state index in [2.05, 4.69) is 40.6 Å². The first-order valence-electron chi connectivity index (χ1n) is 7.99. The summed E-state index contributed by atoms with van der Waals surface area (Å²) in [6.45, 7) is 11.0. The van der Waals surface area contributed by atoms with Crippen molar-refractivity contribution < 1.29 is 0 Å². The molecule has 2 N–H and O–H groups in total. The molecule has 1 aliphatic rings. The molecule has 1 heterocycles. The molecule has 4 nitrogen and oxygen atoms in total. The van der Waals surface area contributed by atoms with E-state index in [1.54, 1.807) is 0 Å². The van der Waals surface area contributed by atoms with E-state index in [0.29, 0.717) is 0 Å². The lowest BCUT2D eigenvalue weighted by molar-refractivity contribution is 0.192. The molecule has 0 aromatic heterocycles. The minimum atomic E-state index is 0. The molecule has 126 valence electrons. The molecular formula is C15H33IN4S. The van der Waals surface area contributed by atoms with Crippen molar-refractivity contribution >= 4 is 41.7 Å². The van der Waals surface area contributed by atoms with Gasteiger partial charge in [0.2, 0.25) is 0 Å². The third-order valence-corrected chi connectivity index (χ3v) is 4.33. The fourth-order valence-corrected chi connectivity index (χ4v) is 2.69. The molecule has 1 aliphatic heterocycles. The SMILES string of the molecule is CCNC(=NCCCN1CCC(C)CC1)NCCSC.I. The molecule has 21 heavy (non-hydrogen) atoms. The molecule has 0 bridgehead atoms. The highest BCUT2D eigenvalue weighted by molar-refractivity contribution is 14.0. The van der Waals surface area contributed by atoms with Crippen molar-refractivity contribution in [3.8, 4) is 0 Å². The Morgan fingerprint density at radius 1 is 1.29 bits per heavy atom. The molecule has 1 rings (SSSR count). The maximum atomic E-state index is 4.64. The summed E-state index contributed by atoms with van der Waals surface area (Å²) in [7, 11) is 0. The Kier molecular flexibility index (Phi) is 14.1. The molecule has 0 radical (unpaired) electrons. The Morgan fingerprint density at radius 3 is 2.62 bits per heavy atom. The first kappa shape index (κ1) is 21.3. The normalized spacial score (nSPS) is 17.4. The molecule has 0 aromatic rings.